The van der Waals surface area contributed by atoms with Crippen molar-refractivity contribution in [3.63, 3.8) is 0 Å². The average molecular weight is 746 g/mol. The Balaban J connectivity index is 1.57. The lowest BCUT2D eigenvalue weighted by atomic mass is 9.76. The molecule has 0 saturated carbocycles. The Morgan fingerprint density at radius 3 is 2.04 bits per heavy atom. The summed E-state index contributed by atoms with van der Waals surface area (Å²) in [4.78, 5) is 27.1. The lowest BCUT2D eigenvalue weighted by molar-refractivity contribution is -0.128. The minimum Gasteiger partial charge on any atom is -0.497 e. The molecule has 5 atom stereocenters. The Hall–Kier alpha value is -4.08. The highest BCUT2D eigenvalue weighted by molar-refractivity contribution is 7.44. The van der Waals surface area contributed by atoms with Gasteiger partial charge in [-0.25, -0.2) is 9.46 Å². The average Bonchev–Trinajstić information content (AvgIpc) is 3.56. The summed E-state index contributed by atoms with van der Waals surface area (Å²) in [6.07, 6.45) is -1.13. The molecule has 0 aliphatic carbocycles. The number of carbonyl (C=O) groups is 2. The first-order valence-electron chi connectivity index (χ1n) is 18.1. The summed E-state index contributed by atoms with van der Waals surface area (Å²) in [5.41, 5.74) is 2.07. The molecule has 3 aromatic rings. The molecular weight excluding hydrogens is 693 g/mol. The Morgan fingerprint density at radius 1 is 0.943 bits per heavy atom. The second-order valence-electron chi connectivity index (χ2n) is 13.9. The Labute approximate surface area is 314 Å². The van der Waals surface area contributed by atoms with Gasteiger partial charge in [-0.15, -0.1) is 0 Å². The van der Waals surface area contributed by atoms with Crippen LogP contribution in [-0.2, 0) is 24.1 Å². The summed E-state index contributed by atoms with van der Waals surface area (Å²) in [5.74, 6) is 0.768. The van der Waals surface area contributed by atoms with Gasteiger partial charge in [-0.2, -0.15) is 5.26 Å². The molecule has 0 aromatic heterocycles. The molecule has 5 unspecified atom stereocenters. The van der Waals surface area contributed by atoms with Gasteiger partial charge < -0.3 is 23.3 Å². The molecule has 13 heteroatoms. The van der Waals surface area contributed by atoms with Crippen LogP contribution in [0.1, 0.15) is 64.2 Å². The first kappa shape index (κ1) is 40.1. The van der Waals surface area contributed by atoms with Crippen LogP contribution in [-0.4, -0.2) is 85.9 Å². The third-order valence-corrected chi connectivity index (χ3v) is 11.8. The highest BCUT2D eigenvalue weighted by atomic mass is 31.2. The number of ether oxygens (including phenoxy) is 3. The van der Waals surface area contributed by atoms with Crippen LogP contribution in [0, 0.1) is 17.2 Å². The number of methoxy groups -OCH3 is 2. The van der Waals surface area contributed by atoms with E-state index in [9.17, 15) is 14.9 Å². The van der Waals surface area contributed by atoms with Crippen molar-refractivity contribution in [3.05, 3.63) is 95.6 Å². The fourth-order valence-corrected chi connectivity index (χ4v) is 8.79. The van der Waals surface area contributed by atoms with E-state index in [2.05, 4.69) is 85.5 Å². The molecule has 0 spiro atoms. The lowest BCUT2D eigenvalue weighted by Gasteiger charge is -2.39. The van der Waals surface area contributed by atoms with E-state index < -0.39 is 44.4 Å². The number of nitrogens with one attached hydrogen (secondary N) is 2. The number of carbonyl (C=O) groups excluding carboxylic acids is 2. The second-order valence-corrected chi connectivity index (χ2v) is 15.3. The molecule has 0 radical (unpaired) electrons. The summed E-state index contributed by atoms with van der Waals surface area (Å²) >= 11 is 0. The highest BCUT2D eigenvalue weighted by Crippen LogP contribution is 2.49. The summed E-state index contributed by atoms with van der Waals surface area (Å²) in [5, 5.41) is 15.7. The molecule has 5 rings (SSSR count). The predicted molar refractivity (Wildman–Crippen MR) is 203 cm³/mol. The third kappa shape index (κ3) is 9.18. The number of benzene rings is 3. The summed E-state index contributed by atoms with van der Waals surface area (Å²) in [6, 6.07) is 28.1. The van der Waals surface area contributed by atoms with Crippen LogP contribution in [0.15, 0.2) is 78.9 Å². The van der Waals surface area contributed by atoms with Gasteiger partial charge in [-0.3, -0.25) is 20.3 Å². The van der Waals surface area contributed by atoms with Crippen LogP contribution < -0.4 is 20.1 Å². The monoisotopic (exact) mass is 745 g/mol. The zero-order valence-corrected chi connectivity index (χ0v) is 32.5. The van der Waals surface area contributed by atoms with E-state index in [1.165, 1.54) is 0 Å². The molecule has 3 amide bonds. The maximum absolute atomic E-state index is 13.2. The first-order chi connectivity index (χ1) is 25.5. The van der Waals surface area contributed by atoms with Crippen LogP contribution in [0.2, 0.25) is 0 Å². The summed E-state index contributed by atoms with van der Waals surface area (Å²) < 4.78 is 33.3. The molecule has 2 heterocycles. The maximum Gasteiger partial charge on any atom is 0.326 e. The molecule has 2 aliphatic rings. The first-order valence-corrected chi connectivity index (χ1v) is 19.3. The quantitative estimate of drug-likeness (QED) is 0.0891. The molecule has 284 valence electrons. The van der Waals surface area contributed by atoms with Gasteiger partial charge in [-0.1, -0.05) is 61.5 Å². The van der Waals surface area contributed by atoms with Gasteiger partial charge in [0, 0.05) is 31.6 Å². The van der Waals surface area contributed by atoms with Crippen molar-refractivity contribution in [1.29, 1.82) is 5.26 Å². The number of amides is 3. The van der Waals surface area contributed by atoms with Crippen molar-refractivity contribution in [2.45, 2.75) is 83.5 Å². The summed E-state index contributed by atoms with van der Waals surface area (Å²) in [7, 11) is 1.67. The second kappa shape index (κ2) is 18.3. The van der Waals surface area contributed by atoms with Crippen LogP contribution in [0.4, 0.5) is 4.79 Å². The fourth-order valence-electron chi connectivity index (χ4n) is 7.04. The van der Waals surface area contributed by atoms with Gasteiger partial charge >= 0.3 is 6.03 Å². The van der Waals surface area contributed by atoms with Gasteiger partial charge in [0.15, 0.2) is 0 Å². The van der Waals surface area contributed by atoms with Crippen molar-refractivity contribution in [2.24, 2.45) is 5.92 Å². The largest absolute Gasteiger partial charge is 0.497 e. The zero-order valence-electron chi connectivity index (χ0n) is 31.7. The normalized spacial score (nSPS) is 21.2. The molecule has 12 nitrogen and oxygen atoms in total. The molecule has 2 saturated heterocycles. The van der Waals surface area contributed by atoms with Crippen LogP contribution in [0.25, 0.3) is 0 Å². The number of nitrogens with zero attached hydrogens (tertiary/aromatic N) is 3. The van der Waals surface area contributed by atoms with E-state index in [0.717, 1.165) is 28.2 Å². The molecular formula is C40H52N5O7P. The van der Waals surface area contributed by atoms with Gasteiger partial charge in [0.25, 0.3) is 8.53 Å². The SMILES string of the molecule is COc1ccc(C(NCC2OC(N3CC(C)C(=O)NC3=O)CC2OP(OCCC#N)N(C(C)C)C(C)C)(c2ccccc2)c2ccc(OC)cc2)cc1. The van der Waals surface area contributed by atoms with Gasteiger partial charge in [0.2, 0.25) is 5.91 Å². The minimum atomic E-state index is -1.62. The zero-order chi connectivity index (χ0) is 38.1. The molecule has 2 aliphatic heterocycles. The fraction of sp³-hybridized carbons (Fsp3) is 0.475. The smallest absolute Gasteiger partial charge is 0.326 e. The molecule has 3 aromatic carbocycles. The number of urea groups is 1. The Kier molecular flexibility index (Phi) is 13.9. The predicted octanol–water partition coefficient (Wildman–Crippen LogP) is 6.55. The van der Waals surface area contributed by atoms with Gasteiger partial charge in [-0.05, 0) is 68.7 Å². The van der Waals surface area contributed by atoms with E-state index in [1.807, 2.05) is 42.5 Å². The Bertz CT molecular complexity index is 1630. The maximum atomic E-state index is 13.2. The van der Waals surface area contributed by atoms with Crippen LogP contribution >= 0.6 is 8.53 Å². The van der Waals surface area contributed by atoms with E-state index in [0.29, 0.717) is 13.0 Å². The van der Waals surface area contributed by atoms with Crippen molar-refractivity contribution >= 4 is 20.5 Å². The lowest BCUT2D eigenvalue weighted by Crippen LogP contribution is -2.57. The van der Waals surface area contributed by atoms with E-state index in [1.54, 1.807) is 26.0 Å². The van der Waals surface area contributed by atoms with Crippen LogP contribution in [0.3, 0.4) is 0 Å². The number of rotatable bonds is 17. The van der Waals surface area contributed by atoms with Crippen molar-refractivity contribution in [2.75, 3.05) is 33.9 Å². The van der Waals surface area contributed by atoms with Gasteiger partial charge in [0.05, 0.1) is 57.0 Å². The number of nitriles is 1. The topological polar surface area (TPSA) is 135 Å². The van der Waals surface area contributed by atoms with Crippen molar-refractivity contribution in [1.82, 2.24) is 20.2 Å². The molecule has 53 heavy (non-hydrogen) atoms. The molecule has 0 bridgehead atoms. The van der Waals surface area contributed by atoms with Crippen molar-refractivity contribution < 1.29 is 32.8 Å². The standard InChI is InChI=1S/C40H52N5O7P/c1-27(2)45(28(3)4)53(50-23-11-22-41)52-35-24-37(44-26-29(5)38(46)43-39(44)47)51-36(35)25-42-40(30-12-9-8-10-13-30,31-14-18-33(48-6)19-15-31)32-16-20-34(49-7)21-17-32/h8-10,12-21,27-29,35-37,42H,11,23-26H2,1-7H3,(H,43,46,47). The van der Waals surface area contributed by atoms with E-state index in [-0.39, 0.29) is 37.6 Å². The van der Waals surface area contributed by atoms with E-state index in [4.69, 9.17) is 23.3 Å². The van der Waals surface area contributed by atoms with Crippen molar-refractivity contribution in [3.8, 4) is 17.6 Å². The minimum absolute atomic E-state index is 0.0912. The highest BCUT2D eigenvalue weighted by Gasteiger charge is 2.47. The number of hydrogen-bond acceptors (Lipinski definition) is 10. The molecule has 2 N–H and O–H groups in total. The van der Waals surface area contributed by atoms with E-state index >= 15 is 0 Å². The number of hydrogen-bond donors (Lipinski definition) is 2. The van der Waals surface area contributed by atoms with Gasteiger partial charge in [0.1, 0.15) is 17.7 Å². The summed E-state index contributed by atoms with van der Waals surface area (Å²) in [6.45, 7) is 10.9. The molecule has 2 fully saturated rings. The van der Waals surface area contributed by atoms with Crippen LogP contribution in [0.5, 0.6) is 11.5 Å². The Morgan fingerprint density at radius 2 is 1.51 bits per heavy atom. The number of imide groups is 1. The third-order valence-electron chi connectivity index (χ3n) is 9.65.